The van der Waals surface area contributed by atoms with E-state index in [0.29, 0.717) is 6.42 Å². The van der Waals surface area contributed by atoms with E-state index in [1.807, 2.05) is 27.7 Å². The van der Waals surface area contributed by atoms with Crippen molar-refractivity contribution in [3.8, 4) is 0 Å². The zero-order valence-electron chi connectivity index (χ0n) is 9.50. The number of aliphatic hydroxyl groups is 1. The molecule has 4 nitrogen and oxygen atoms in total. The summed E-state index contributed by atoms with van der Waals surface area (Å²) in [6.45, 7) is 7.70. The van der Waals surface area contributed by atoms with Crippen LogP contribution in [0.1, 0.15) is 34.1 Å². The van der Waals surface area contributed by atoms with E-state index in [9.17, 15) is 4.79 Å². The molecule has 0 saturated carbocycles. The van der Waals surface area contributed by atoms with Crippen LogP contribution in [0.2, 0.25) is 0 Å². The van der Waals surface area contributed by atoms with Crippen LogP contribution in [0.15, 0.2) is 0 Å². The van der Waals surface area contributed by atoms with Gasteiger partial charge in [0.2, 0.25) is 5.91 Å². The zero-order valence-corrected chi connectivity index (χ0v) is 9.50. The molecule has 0 aromatic heterocycles. The van der Waals surface area contributed by atoms with Crippen LogP contribution in [0.4, 0.5) is 0 Å². The average molecular weight is 202 g/mol. The standard InChI is InChI=1S/C10H22N2O2/c1-7(5-6-13)12-9(14)8(11)10(2,3)4/h7-8,13H,5-6,11H2,1-4H3,(H,12,14)/t7?,8-/m1/s1. The number of carbonyl (C=O) groups excluding carboxylic acids is 1. The molecule has 0 aliphatic heterocycles. The normalized spacial score (nSPS) is 16.1. The highest BCUT2D eigenvalue weighted by atomic mass is 16.3. The Bertz CT molecular complexity index is 187. The smallest absolute Gasteiger partial charge is 0.237 e. The SMILES string of the molecule is CC(CCO)NC(=O)[C@@H](N)C(C)(C)C. The molecule has 0 saturated heterocycles. The van der Waals surface area contributed by atoms with Crippen LogP contribution in [0, 0.1) is 5.41 Å². The van der Waals surface area contributed by atoms with Gasteiger partial charge >= 0.3 is 0 Å². The third kappa shape index (κ3) is 4.58. The predicted octanol–water partition coefficient (Wildman–Crippen LogP) is 0.247. The summed E-state index contributed by atoms with van der Waals surface area (Å²) in [4.78, 5) is 11.6. The molecule has 0 bridgehead atoms. The van der Waals surface area contributed by atoms with E-state index in [2.05, 4.69) is 5.32 Å². The van der Waals surface area contributed by atoms with Gasteiger partial charge in [-0.15, -0.1) is 0 Å². The quantitative estimate of drug-likeness (QED) is 0.611. The van der Waals surface area contributed by atoms with Crippen molar-refractivity contribution < 1.29 is 9.90 Å². The number of hydrogen-bond acceptors (Lipinski definition) is 3. The average Bonchev–Trinajstić information content (AvgIpc) is 2.01. The Balaban J connectivity index is 4.08. The first kappa shape index (κ1) is 13.4. The number of amides is 1. The van der Waals surface area contributed by atoms with E-state index in [1.54, 1.807) is 0 Å². The number of nitrogens with two attached hydrogens (primary N) is 1. The Labute approximate surface area is 85.9 Å². The van der Waals surface area contributed by atoms with E-state index in [0.717, 1.165) is 0 Å². The maximum atomic E-state index is 11.6. The van der Waals surface area contributed by atoms with Crippen LogP contribution in [0.3, 0.4) is 0 Å². The van der Waals surface area contributed by atoms with Crippen LogP contribution >= 0.6 is 0 Å². The second-order valence-corrected chi connectivity index (χ2v) is 4.77. The van der Waals surface area contributed by atoms with Crippen molar-refractivity contribution in [2.75, 3.05) is 6.61 Å². The Kier molecular flexibility index (Phi) is 5.08. The molecule has 0 rings (SSSR count). The fourth-order valence-electron chi connectivity index (χ4n) is 0.992. The summed E-state index contributed by atoms with van der Waals surface area (Å²) in [6.07, 6.45) is 0.558. The third-order valence-corrected chi connectivity index (χ3v) is 2.17. The van der Waals surface area contributed by atoms with E-state index < -0.39 is 6.04 Å². The lowest BCUT2D eigenvalue weighted by atomic mass is 9.87. The molecule has 0 spiro atoms. The monoisotopic (exact) mass is 202 g/mol. The second-order valence-electron chi connectivity index (χ2n) is 4.77. The lowest BCUT2D eigenvalue weighted by Crippen LogP contribution is -2.50. The summed E-state index contributed by atoms with van der Waals surface area (Å²) in [6, 6.07) is -0.537. The number of nitrogens with one attached hydrogen (secondary N) is 1. The molecule has 84 valence electrons. The highest BCUT2D eigenvalue weighted by Gasteiger charge is 2.27. The van der Waals surface area contributed by atoms with Crippen molar-refractivity contribution in [2.45, 2.75) is 46.2 Å². The molecular weight excluding hydrogens is 180 g/mol. The van der Waals surface area contributed by atoms with Crippen molar-refractivity contribution >= 4 is 5.91 Å². The summed E-state index contributed by atoms with van der Waals surface area (Å²) >= 11 is 0. The van der Waals surface area contributed by atoms with Gasteiger partial charge in [0.25, 0.3) is 0 Å². The van der Waals surface area contributed by atoms with Gasteiger partial charge in [-0.3, -0.25) is 4.79 Å². The van der Waals surface area contributed by atoms with Gasteiger partial charge in [0.15, 0.2) is 0 Å². The highest BCUT2D eigenvalue weighted by Crippen LogP contribution is 2.17. The van der Waals surface area contributed by atoms with E-state index in [4.69, 9.17) is 10.8 Å². The van der Waals surface area contributed by atoms with Gasteiger partial charge in [0.1, 0.15) is 0 Å². The van der Waals surface area contributed by atoms with E-state index >= 15 is 0 Å². The zero-order chi connectivity index (χ0) is 11.4. The molecule has 0 fully saturated rings. The summed E-state index contributed by atoms with van der Waals surface area (Å²) in [5.74, 6) is -0.154. The Morgan fingerprint density at radius 1 is 1.50 bits per heavy atom. The minimum Gasteiger partial charge on any atom is -0.396 e. The number of hydrogen-bond donors (Lipinski definition) is 3. The van der Waals surface area contributed by atoms with Crippen LogP contribution in [0.5, 0.6) is 0 Å². The Hall–Kier alpha value is -0.610. The molecule has 0 aromatic rings. The van der Waals surface area contributed by atoms with Gasteiger partial charge < -0.3 is 16.2 Å². The first-order valence-electron chi connectivity index (χ1n) is 4.96. The highest BCUT2D eigenvalue weighted by molar-refractivity contribution is 5.82. The topological polar surface area (TPSA) is 75.3 Å². The molecule has 4 heteroatoms. The van der Waals surface area contributed by atoms with Gasteiger partial charge in [-0.1, -0.05) is 20.8 Å². The summed E-state index contributed by atoms with van der Waals surface area (Å²) in [5, 5.41) is 11.4. The van der Waals surface area contributed by atoms with Gasteiger partial charge in [-0.05, 0) is 18.8 Å². The van der Waals surface area contributed by atoms with E-state index in [-0.39, 0.29) is 24.0 Å². The van der Waals surface area contributed by atoms with Gasteiger partial charge in [0.05, 0.1) is 6.04 Å². The molecular formula is C10H22N2O2. The lowest BCUT2D eigenvalue weighted by molar-refractivity contribution is -0.125. The van der Waals surface area contributed by atoms with Gasteiger partial charge in [-0.2, -0.15) is 0 Å². The minimum atomic E-state index is -0.511. The van der Waals surface area contributed by atoms with Crippen LogP contribution in [-0.2, 0) is 4.79 Å². The fourth-order valence-corrected chi connectivity index (χ4v) is 0.992. The number of rotatable bonds is 4. The molecule has 0 aliphatic carbocycles. The van der Waals surface area contributed by atoms with Crippen LogP contribution in [0.25, 0.3) is 0 Å². The minimum absolute atomic E-state index is 0.0269. The second kappa shape index (κ2) is 5.32. The molecule has 0 radical (unpaired) electrons. The first-order valence-corrected chi connectivity index (χ1v) is 4.96. The predicted molar refractivity (Wildman–Crippen MR) is 56.7 cm³/mol. The van der Waals surface area contributed by atoms with Crippen LogP contribution in [-0.4, -0.2) is 29.7 Å². The third-order valence-electron chi connectivity index (χ3n) is 2.17. The summed E-state index contributed by atoms with van der Waals surface area (Å²) in [7, 11) is 0. The largest absolute Gasteiger partial charge is 0.396 e. The van der Waals surface area contributed by atoms with E-state index in [1.165, 1.54) is 0 Å². The molecule has 0 aromatic carbocycles. The maximum Gasteiger partial charge on any atom is 0.237 e. The molecule has 1 amide bonds. The molecule has 0 aliphatic rings. The van der Waals surface area contributed by atoms with Crippen molar-refractivity contribution in [2.24, 2.45) is 11.1 Å². The van der Waals surface area contributed by atoms with Gasteiger partial charge in [0, 0.05) is 12.6 Å². The Morgan fingerprint density at radius 3 is 2.36 bits per heavy atom. The van der Waals surface area contributed by atoms with Gasteiger partial charge in [-0.25, -0.2) is 0 Å². The molecule has 4 N–H and O–H groups in total. The fraction of sp³-hybridized carbons (Fsp3) is 0.900. The van der Waals surface area contributed by atoms with Crippen molar-refractivity contribution in [3.63, 3.8) is 0 Å². The van der Waals surface area contributed by atoms with Crippen molar-refractivity contribution in [3.05, 3.63) is 0 Å². The summed E-state index contributed by atoms with van der Waals surface area (Å²) in [5.41, 5.74) is 5.53. The van der Waals surface area contributed by atoms with Crippen molar-refractivity contribution in [1.29, 1.82) is 0 Å². The molecule has 14 heavy (non-hydrogen) atoms. The first-order chi connectivity index (χ1) is 6.29. The maximum absolute atomic E-state index is 11.6. The number of aliphatic hydroxyl groups excluding tert-OH is 1. The van der Waals surface area contributed by atoms with Crippen LogP contribution < -0.4 is 11.1 Å². The number of carbonyl (C=O) groups is 1. The molecule has 1 unspecified atom stereocenters. The lowest BCUT2D eigenvalue weighted by Gasteiger charge is -2.27. The van der Waals surface area contributed by atoms with Crippen molar-refractivity contribution in [1.82, 2.24) is 5.32 Å². The molecule has 2 atom stereocenters. The molecule has 0 heterocycles. The Morgan fingerprint density at radius 2 is 2.00 bits per heavy atom. The summed E-state index contributed by atoms with van der Waals surface area (Å²) < 4.78 is 0.